The Labute approximate surface area is 202 Å². The molecule has 0 saturated carbocycles. The quantitative estimate of drug-likeness (QED) is 0.324. The van der Waals surface area contributed by atoms with Crippen molar-refractivity contribution in [3.63, 3.8) is 0 Å². The molecular weight excluding hydrogens is 473 g/mol. The van der Waals surface area contributed by atoms with Crippen LogP contribution in [0.25, 0.3) is 0 Å². The van der Waals surface area contributed by atoms with Crippen molar-refractivity contribution in [1.29, 1.82) is 0 Å². The van der Waals surface area contributed by atoms with E-state index in [1.54, 1.807) is 26.0 Å². The fourth-order valence-electron chi connectivity index (χ4n) is 2.79. The highest BCUT2D eigenvalue weighted by atomic mass is 35.5. The molecule has 0 aliphatic rings. The van der Waals surface area contributed by atoms with Crippen LogP contribution in [0, 0.1) is 0 Å². The van der Waals surface area contributed by atoms with Crippen LogP contribution in [0.15, 0.2) is 34.5 Å². The smallest absolute Gasteiger partial charge is 0.258 e. The Morgan fingerprint density at radius 3 is 2.21 bits per heavy atom. The first-order valence-electron chi connectivity index (χ1n) is 9.99. The third-order valence-electron chi connectivity index (χ3n) is 4.27. The number of methoxy groups -OCH3 is 2. The Balaban J connectivity index is 2.41. The molecule has 0 aliphatic carbocycles. The van der Waals surface area contributed by atoms with Crippen molar-refractivity contribution in [3.05, 3.63) is 34.3 Å². The summed E-state index contributed by atoms with van der Waals surface area (Å²) in [5.74, 6) is -0.0882. The molecule has 33 heavy (non-hydrogen) atoms. The van der Waals surface area contributed by atoms with Gasteiger partial charge < -0.3 is 24.3 Å². The molecule has 2 rings (SSSR count). The predicted octanol–water partition coefficient (Wildman–Crippen LogP) is 5.49. The lowest BCUT2D eigenvalue weighted by Gasteiger charge is -2.16. The van der Waals surface area contributed by atoms with E-state index in [0.717, 1.165) is 0 Å². The highest BCUT2D eigenvalue weighted by Crippen LogP contribution is 2.43. The van der Waals surface area contributed by atoms with E-state index in [1.807, 2.05) is 0 Å². The number of nitrogens with one attached hydrogen (secondary N) is 1. The Kier molecular flexibility index (Phi) is 9.74. The molecule has 9 nitrogen and oxygen atoms in total. The summed E-state index contributed by atoms with van der Waals surface area (Å²) >= 11 is 12.4. The topological polar surface area (TPSA) is 108 Å². The monoisotopic (exact) mass is 497 g/mol. The van der Waals surface area contributed by atoms with Gasteiger partial charge in [-0.3, -0.25) is 9.59 Å². The predicted molar refractivity (Wildman–Crippen MR) is 126 cm³/mol. The van der Waals surface area contributed by atoms with Crippen LogP contribution in [0.1, 0.15) is 20.8 Å². The molecule has 0 heterocycles. The summed E-state index contributed by atoms with van der Waals surface area (Å²) < 4.78 is 21.6. The summed E-state index contributed by atoms with van der Waals surface area (Å²) in [6, 6.07) is 4.72. The van der Waals surface area contributed by atoms with Gasteiger partial charge in [0.2, 0.25) is 6.04 Å². The molecule has 0 spiro atoms. The molecule has 1 atom stereocenters. The standard InChI is InChI=1S/C22H25Cl2N3O6/c1-6-32-17-11-15(18(33-7-2)10-14(17)24)25-22(29)19(12(3)28)26-27-20-16(30-4)9-8-13(23)21(20)31-5/h8-11,19H,6-7H2,1-5H3,(H,25,29). The number of rotatable bonds is 11. The Morgan fingerprint density at radius 1 is 0.970 bits per heavy atom. The summed E-state index contributed by atoms with van der Waals surface area (Å²) in [4.78, 5) is 25.2. The summed E-state index contributed by atoms with van der Waals surface area (Å²) in [6.45, 7) is 5.52. The third kappa shape index (κ3) is 6.49. The van der Waals surface area contributed by atoms with Crippen LogP contribution in [0.3, 0.4) is 0 Å². The number of azo groups is 1. The van der Waals surface area contributed by atoms with E-state index in [4.69, 9.17) is 42.1 Å². The number of hydrogen-bond donors (Lipinski definition) is 1. The lowest BCUT2D eigenvalue weighted by Crippen LogP contribution is -2.32. The summed E-state index contributed by atoms with van der Waals surface area (Å²) in [6.07, 6.45) is 0. The molecule has 0 bridgehead atoms. The number of carbonyl (C=O) groups is 2. The first-order chi connectivity index (χ1) is 15.8. The van der Waals surface area contributed by atoms with Crippen LogP contribution in [-0.2, 0) is 9.59 Å². The number of ether oxygens (including phenoxy) is 4. The van der Waals surface area contributed by atoms with Gasteiger partial charge in [0.05, 0.1) is 43.2 Å². The van der Waals surface area contributed by atoms with Crippen molar-refractivity contribution in [2.75, 3.05) is 32.8 Å². The van der Waals surface area contributed by atoms with Gasteiger partial charge in [-0.2, -0.15) is 5.11 Å². The van der Waals surface area contributed by atoms with E-state index in [-0.39, 0.29) is 22.1 Å². The second kappa shape index (κ2) is 12.3. The normalized spacial score (nSPS) is 11.7. The van der Waals surface area contributed by atoms with Crippen molar-refractivity contribution >= 4 is 46.3 Å². The molecule has 0 saturated heterocycles. The van der Waals surface area contributed by atoms with E-state index < -0.39 is 17.7 Å². The summed E-state index contributed by atoms with van der Waals surface area (Å²) in [5, 5.41) is 11.2. The number of carbonyl (C=O) groups excluding carboxylic acids is 2. The minimum absolute atomic E-state index is 0.145. The zero-order valence-electron chi connectivity index (χ0n) is 18.9. The third-order valence-corrected chi connectivity index (χ3v) is 4.86. The number of anilines is 1. The first-order valence-corrected chi connectivity index (χ1v) is 10.7. The highest BCUT2D eigenvalue weighted by molar-refractivity contribution is 6.33. The Bertz CT molecular complexity index is 1050. The lowest BCUT2D eigenvalue weighted by atomic mass is 10.2. The molecule has 0 radical (unpaired) electrons. The summed E-state index contributed by atoms with van der Waals surface area (Å²) in [5.41, 5.74) is 0.417. The van der Waals surface area contributed by atoms with Gasteiger partial charge in [0, 0.05) is 12.1 Å². The van der Waals surface area contributed by atoms with Crippen LogP contribution >= 0.6 is 23.2 Å². The molecule has 178 valence electrons. The number of amides is 1. The second-order valence-electron chi connectivity index (χ2n) is 6.49. The van der Waals surface area contributed by atoms with E-state index >= 15 is 0 Å². The zero-order valence-corrected chi connectivity index (χ0v) is 20.4. The molecule has 11 heteroatoms. The van der Waals surface area contributed by atoms with Crippen molar-refractivity contribution in [2.24, 2.45) is 10.2 Å². The van der Waals surface area contributed by atoms with Gasteiger partial charge in [-0.15, -0.1) is 5.11 Å². The molecule has 2 aromatic carbocycles. The maximum absolute atomic E-state index is 13.0. The minimum atomic E-state index is -1.46. The van der Waals surface area contributed by atoms with Crippen LogP contribution in [0.4, 0.5) is 11.4 Å². The average molecular weight is 498 g/mol. The zero-order chi connectivity index (χ0) is 24.5. The molecule has 0 fully saturated rings. The average Bonchev–Trinajstić information content (AvgIpc) is 2.77. The Hall–Kier alpha value is -3.04. The van der Waals surface area contributed by atoms with E-state index in [1.165, 1.54) is 33.3 Å². The van der Waals surface area contributed by atoms with Gasteiger partial charge in [0.15, 0.2) is 17.2 Å². The molecule has 1 unspecified atom stereocenters. The number of halogens is 2. The molecule has 1 N–H and O–H groups in total. The summed E-state index contributed by atoms with van der Waals surface area (Å²) in [7, 11) is 2.84. The number of ketones is 1. The van der Waals surface area contributed by atoms with Gasteiger partial charge in [0.25, 0.3) is 5.91 Å². The second-order valence-corrected chi connectivity index (χ2v) is 7.31. The van der Waals surface area contributed by atoms with Crippen LogP contribution < -0.4 is 24.3 Å². The van der Waals surface area contributed by atoms with Gasteiger partial charge in [0.1, 0.15) is 17.2 Å². The maximum atomic E-state index is 13.0. The molecule has 0 aliphatic heterocycles. The number of Topliss-reactive ketones (excluding diaryl/α,β-unsaturated/α-hetero) is 1. The van der Waals surface area contributed by atoms with Gasteiger partial charge >= 0.3 is 0 Å². The van der Waals surface area contributed by atoms with Gasteiger partial charge in [-0.25, -0.2) is 0 Å². The van der Waals surface area contributed by atoms with Gasteiger partial charge in [-0.05, 0) is 32.9 Å². The Morgan fingerprint density at radius 2 is 1.64 bits per heavy atom. The fourth-order valence-corrected chi connectivity index (χ4v) is 3.23. The highest BCUT2D eigenvalue weighted by Gasteiger charge is 2.26. The maximum Gasteiger partial charge on any atom is 0.258 e. The largest absolute Gasteiger partial charge is 0.494 e. The minimum Gasteiger partial charge on any atom is -0.494 e. The number of hydrogen-bond acceptors (Lipinski definition) is 8. The lowest BCUT2D eigenvalue weighted by molar-refractivity contribution is -0.126. The van der Waals surface area contributed by atoms with Crippen molar-refractivity contribution in [2.45, 2.75) is 26.8 Å². The van der Waals surface area contributed by atoms with Gasteiger partial charge in [-0.1, -0.05) is 23.2 Å². The molecule has 2 aromatic rings. The fraction of sp³-hybridized carbons (Fsp3) is 0.364. The van der Waals surface area contributed by atoms with Crippen LogP contribution in [0.5, 0.6) is 23.0 Å². The van der Waals surface area contributed by atoms with E-state index in [0.29, 0.717) is 35.5 Å². The van der Waals surface area contributed by atoms with Crippen LogP contribution in [0.2, 0.25) is 10.0 Å². The van der Waals surface area contributed by atoms with E-state index in [9.17, 15) is 9.59 Å². The molecular formula is C22H25Cl2N3O6. The number of nitrogens with zero attached hydrogens (tertiary/aromatic N) is 2. The first kappa shape index (κ1) is 26.2. The SMILES string of the molecule is CCOc1cc(NC(=O)C(N=Nc2c(OC)ccc(Cl)c2OC)C(C)=O)c(OCC)cc1Cl. The van der Waals surface area contributed by atoms with Crippen molar-refractivity contribution in [1.82, 2.24) is 0 Å². The van der Waals surface area contributed by atoms with E-state index in [2.05, 4.69) is 15.5 Å². The molecule has 0 aromatic heterocycles. The van der Waals surface area contributed by atoms with Crippen LogP contribution in [-0.4, -0.2) is 45.2 Å². The molecule has 1 amide bonds. The number of benzene rings is 2. The van der Waals surface area contributed by atoms with Crippen molar-refractivity contribution in [3.8, 4) is 23.0 Å². The van der Waals surface area contributed by atoms with Crippen molar-refractivity contribution < 1.29 is 28.5 Å².